The molecule has 2 aliphatic rings. The molecule has 4 heteroatoms. The first-order valence-electron chi connectivity index (χ1n) is 9.94. The van der Waals surface area contributed by atoms with E-state index in [-0.39, 0.29) is 0 Å². The molecule has 3 heterocycles. The van der Waals surface area contributed by atoms with E-state index in [4.69, 9.17) is 9.72 Å². The van der Waals surface area contributed by atoms with Gasteiger partial charge in [-0.3, -0.25) is 4.57 Å². The van der Waals surface area contributed by atoms with Gasteiger partial charge in [-0.15, -0.1) is 0 Å². The van der Waals surface area contributed by atoms with Crippen LogP contribution in [0.1, 0.15) is 22.5 Å². The van der Waals surface area contributed by atoms with Crippen molar-refractivity contribution in [3.05, 3.63) is 117 Å². The summed E-state index contributed by atoms with van der Waals surface area (Å²) >= 11 is 2.36. The van der Waals surface area contributed by atoms with E-state index in [9.17, 15) is 0 Å². The fourth-order valence-corrected chi connectivity index (χ4v) is 5.66. The third-order valence-electron chi connectivity index (χ3n) is 6.30. The summed E-state index contributed by atoms with van der Waals surface area (Å²) in [5, 5.41) is 0. The predicted octanol–water partition coefficient (Wildman–Crippen LogP) is 6.43. The number of ether oxygens (including phenoxy) is 1. The maximum atomic E-state index is 6.35. The molecule has 3 nitrogen and oxygen atoms in total. The van der Waals surface area contributed by atoms with Crippen LogP contribution in [-0.2, 0) is 5.41 Å². The monoisotopic (exact) mass is 498 g/mol. The molecule has 0 fully saturated rings. The fourth-order valence-electron chi connectivity index (χ4n) is 5.18. The topological polar surface area (TPSA) is 27.1 Å². The van der Waals surface area contributed by atoms with Gasteiger partial charge in [0.2, 0.25) is 0 Å². The molecule has 2 aliphatic heterocycles. The summed E-state index contributed by atoms with van der Waals surface area (Å²) in [6.45, 7) is 0. The van der Waals surface area contributed by atoms with Crippen molar-refractivity contribution in [2.75, 3.05) is 0 Å². The number of hydrogen-bond acceptors (Lipinski definition) is 2. The largest absolute Gasteiger partial charge is 0.457 e. The summed E-state index contributed by atoms with van der Waals surface area (Å²) in [5.41, 5.74) is 6.36. The van der Waals surface area contributed by atoms with Crippen molar-refractivity contribution in [2.24, 2.45) is 0 Å². The number of fused-ring (bicyclic) bond motifs is 11. The SMILES string of the molecule is Ic1ccc2c(c1)nc1n2-c2ccccc2C12c1ccccc1Oc1ccccc12. The lowest BCUT2D eigenvalue weighted by atomic mass is 9.68. The normalized spacial score (nSPS) is 14.7. The van der Waals surface area contributed by atoms with Gasteiger partial charge in [0.1, 0.15) is 22.7 Å². The highest BCUT2D eigenvalue weighted by molar-refractivity contribution is 14.1. The predicted molar refractivity (Wildman–Crippen MR) is 126 cm³/mol. The first-order chi connectivity index (χ1) is 14.8. The Balaban J connectivity index is 1.74. The number of rotatable bonds is 0. The van der Waals surface area contributed by atoms with Crippen LogP contribution < -0.4 is 4.74 Å². The van der Waals surface area contributed by atoms with E-state index >= 15 is 0 Å². The molecule has 30 heavy (non-hydrogen) atoms. The highest BCUT2D eigenvalue weighted by atomic mass is 127. The smallest absolute Gasteiger partial charge is 0.134 e. The van der Waals surface area contributed by atoms with Crippen molar-refractivity contribution < 1.29 is 4.74 Å². The second kappa shape index (κ2) is 5.73. The molecule has 4 aromatic carbocycles. The molecule has 0 saturated heterocycles. The second-order valence-corrected chi connectivity index (χ2v) is 9.01. The Kier molecular flexibility index (Phi) is 3.18. The van der Waals surface area contributed by atoms with Crippen molar-refractivity contribution in [2.45, 2.75) is 5.41 Å². The van der Waals surface area contributed by atoms with Crippen LogP contribution >= 0.6 is 22.6 Å². The van der Waals surface area contributed by atoms with E-state index in [1.807, 2.05) is 12.1 Å². The Morgan fingerprint density at radius 3 is 2.10 bits per heavy atom. The maximum absolute atomic E-state index is 6.35. The fraction of sp³-hybridized carbons (Fsp3) is 0.0385. The average Bonchev–Trinajstić information content (AvgIpc) is 3.28. The summed E-state index contributed by atoms with van der Waals surface area (Å²) in [4.78, 5) is 5.25. The van der Waals surface area contributed by atoms with Crippen LogP contribution in [0.5, 0.6) is 11.5 Å². The zero-order valence-electron chi connectivity index (χ0n) is 15.8. The van der Waals surface area contributed by atoms with Crippen LogP contribution in [0.4, 0.5) is 0 Å². The molecule has 0 amide bonds. The van der Waals surface area contributed by atoms with Crippen LogP contribution in [-0.4, -0.2) is 9.55 Å². The van der Waals surface area contributed by atoms with Gasteiger partial charge in [-0.05, 0) is 64.6 Å². The Hall–Kier alpha value is -3.12. The standard InChI is InChI=1S/C26H15IN2O/c27-16-13-14-22-20(15-16)28-25-26(17-7-1-4-10-21(17)29(22)25)18-8-2-5-11-23(18)30-24-12-6-3-9-19(24)26/h1-15H. The van der Waals surface area contributed by atoms with Gasteiger partial charge in [-0.25, -0.2) is 4.98 Å². The van der Waals surface area contributed by atoms with E-state index < -0.39 is 5.41 Å². The Morgan fingerprint density at radius 2 is 1.37 bits per heavy atom. The van der Waals surface area contributed by atoms with E-state index in [1.165, 1.54) is 14.8 Å². The molecule has 0 saturated carbocycles. The molecule has 142 valence electrons. The molecular weight excluding hydrogens is 483 g/mol. The van der Waals surface area contributed by atoms with Gasteiger partial charge in [0.05, 0.1) is 16.7 Å². The molecule has 0 unspecified atom stereocenters. The third kappa shape index (κ3) is 1.88. The quantitative estimate of drug-likeness (QED) is 0.225. The Labute approximate surface area is 187 Å². The second-order valence-electron chi connectivity index (χ2n) is 7.77. The Morgan fingerprint density at radius 1 is 0.733 bits per heavy atom. The van der Waals surface area contributed by atoms with Gasteiger partial charge in [-0.2, -0.15) is 0 Å². The zero-order valence-corrected chi connectivity index (χ0v) is 18.0. The number of benzene rings is 4. The van der Waals surface area contributed by atoms with Crippen molar-refractivity contribution in [1.82, 2.24) is 9.55 Å². The van der Waals surface area contributed by atoms with E-state index in [0.29, 0.717) is 0 Å². The van der Waals surface area contributed by atoms with Crippen LogP contribution in [0.2, 0.25) is 0 Å². The number of para-hydroxylation sites is 3. The molecular formula is C26H15IN2O. The zero-order chi connectivity index (χ0) is 19.9. The molecule has 0 radical (unpaired) electrons. The first kappa shape index (κ1) is 16.7. The number of aromatic nitrogens is 2. The minimum Gasteiger partial charge on any atom is -0.457 e. The molecule has 0 aliphatic carbocycles. The number of halogens is 1. The molecule has 0 bridgehead atoms. The average molecular weight is 498 g/mol. The minimum atomic E-state index is -0.507. The van der Waals surface area contributed by atoms with Gasteiger partial charge in [-0.1, -0.05) is 54.6 Å². The molecule has 0 atom stereocenters. The highest BCUT2D eigenvalue weighted by Gasteiger charge is 2.53. The first-order valence-corrected chi connectivity index (χ1v) is 11.0. The van der Waals surface area contributed by atoms with Gasteiger partial charge in [0.25, 0.3) is 0 Å². The Bertz CT molecular complexity index is 1450. The lowest BCUT2D eigenvalue weighted by Crippen LogP contribution is -2.33. The van der Waals surface area contributed by atoms with Crippen molar-refractivity contribution in [3.8, 4) is 17.2 Å². The van der Waals surface area contributed by atoms with E-state index in [2.05, 4.69) is 106 Å². The lowest BCUT2D eigenvalue weighted by molar-refractivity contribution is 0.433. The van der Waals surface area contributed by atoms with Gasteiger partial charge >= 0.3 is 0 Å². The number of hydrogen-bond donors (Lipinski definition) is 0. The lowest BCUT2D eigenvalue weighted by Gasteiger charge is -2.37. The van der Waals surface area contributed by atoms with E-state index in [1.54, 1.807) is 0 Å². The van der Waals surface area contributed by atoms with Gasteiger partial charge in [0.15, 0.2) is 0 Å². The maximum Gasteiger partial charge on any atom is 0.134 e. The van der Waals surface area contributed by atoms with Gasteiger partial charge in [0, 0.05) is 14.7 Å². The summed E-state index contributed by atoms with van der Waals surface area (Å²) < 4.78 is 9.87. The van der Waals surface area contributed by atoms with E-state index in [0.717, 1.165) is 39.5 Å². The summed E-state index contributed by atoms with van der Waals surface area (Å²) in [5.74, 6) is 2.81. The third-order valence-corrected chi connectivity index (χ3v) is 6.97. The van der Waals surface area contributed by atoms with Crippen LogP contribution in [0.25, 0.3) is 16.7 Å². The molecule has 7 rings (SSSR count). The minimum absolute atomic E-state index is 0.507. The number of imidazole rings is 1. The molecule has 0 N–H and O–H groups in total. The number of nitrogens with zero attached hydrogens (tertiary/aromatic N) is 2. The van der Waals surface area contributed by atoms with Crippen LogP contribution in [0.3, 0.4) is 0 Å². The van der Waals surface area contributed by atoms with Crippen molar-refractivity contribution >= 4 is 33.6 Å². The molecule has 1 aromatic heterocycles. The molecule has 1 spiro atoms. The summed E-state index contributed by atoms with van der Waals surface area (Å²) in [7, 11) is 0. The summed E-state index contributed by atoms with van der Waals surface area (Å²) in [6, 6.07) is 31.9. The highest BCUT2D eigenvalue weighted by Crippen LogP contribution is 2.59. The van der Waals surface area contributed by atoms with Gasteiger partial charge < -0.3 is 4.74 Å². The summed E-state index contributed by atoms with van der Waals surface area (Å²) in [6.07, 6.45) is 0. The van der Waals surface area contributed by atoms with Crippen LogP contribution in [0.15, 0.2) is 91.0 Å². The van der Waals surface area contributed by atoms with Crippen molar-refractivity contribution in [1.29, 1.82) is 0 Å². The molecule has 5 aromatic rings. The van der Waals surface area contributed by atoms with Crippen molar-refractivity contribution in [3.63, 3.8) is 0 Å². The van der Waals surface area contributed by atoms with Crippen LogP contribution in [0, 0.1) is 3.57 Å².